The third-order valence-corrected chi connectivity index (χ3v) is 14.0. The molecule has 1 saturated carbocycles. The zero-order valence-electron chi connectivity index (χ0n) is 36.7. The van der Waals surface area contributed by atoms with Crippen molar-refractivity contribution < 1.29 is 62.9 Å². The lowest BCUT2D eigenvalue weighted by Crippen LogP contribution is -2.64. The van der Waals surface area contributed by atoms with Gasteiger partial charge in [-0.05, 0) is 95.5 Å². The lowest BCUT2D eigenvalue weighted by Gasteiger charge is -2.47. The van der Waals surface area contributed by atoms with E-state index in [1.807, 2.05) is 39.8 Å². The van der Waals surface area contributed by atoms with Gasteiger partial charge in [0.05, 0.1) is 36.4 Å². The van der Waals surface area contributed by atoms with Crippen LogP contribution in [0.5, 0.6) is 0 Å². The average molecular weight is 834 g/mol. The minimum absolute atomic E-state index is 0.00643. The topological polar surface area (TPSA) is 188 Å². The fourth-order valence-electron chi connectivity index (χ4n) is 10.6. The maximum Gasteiger partial charge on any atom is 0.329 e. The molecule has 59 heavy (non-hydrogen) atoms. The van der Waals surface area contributed by atoms with Crippen LogP contribution in [0.4, 0.5) is 0 Å². The number of fused-ring (bicyclic) bond motifs is 5. The highest BCUT2D eigenvalue weighted by Gasteiger charge is 2.57. The molecule has 3 N–H and O–H groups in total. The molecule has 1 aliphatic carbocycles. The summed E-state index contributed by atoms with van der Waals surface area (Å²) < 4.78 is 36.0. The van der Waals surface area contributed by atoms with E-state index in [4.69, 9.17) is 28.4 Å². The Morgan fingerprint density at radius 1 is 0.932 bits per heavy atom. The third kappa shape index (κ3) is 10.5. The fraction of sp³-hybridized carbons (Fsp3) is 0.822. The smallest absolute Gasteiger partial charge is 0.329 e. The largest absolute Gasteiger partial charge is 0.462 e. The monoisotopic (exact) mass is 833 g/mol. The van der Waals surface area contributed by atoms with E-state index in [-0.39, 0.29) is 56.1 Å². The van der Waals surface area contributed by atoms with Crippen LogP contribution in [0.15, 0.2) is 23.3 Å². The molecular formula is C45H71NO13. The molecule has 5 aliphatic rings. The maximum atomic E-state index is 14.5. The average Bonchev–Trinajstić information content (AvgIpc) is 3.20. The molecule has 4 fully saturated rings. The van der Waals surface area contributed by atoms with E-state index in [1.54, 1.807) is 14.0 Å². The van der Waals surface area contributed by atoms with Crippen LogP contribution in [0.3, 0.4) is 0 Å². The van der Waals surface area contributed by atoms with Gasteiger partial charge in [-0.15, -0.1) is 0 Å². The molecule has 15 atom stereocenters. The molecule has 3 saturated heterocycles. The molecular weight excluding hydrogens is 762 g/mol. The second-order valence-corrected chi connectivity index (χ2v) is 18.4. The zero-order chi connectivity index (χ0) is 43.4. The first kappa shape index (κ1) is 47.3. The number of piperidine rings is 1. The third-order valence-electron chi connectivity index (χ3n) is 14.0. The predicted molar refractivity (Wildman–Crippen MR) is 217 cm³/mol. The first-order valence-electron chi connectivity index (χ1n) is 21.9. The fourth-order valence-corrected chi connectivity index (χ4v) is 10.6. The number of hydrogen-bond acceptors (Lipinski definition) is 13. The number of ketones is 1. The van der Waals surface area contributed by atoms with Gasteiger partial charge >= 0.3 is 11.9 Å². The summed E-state index contributed by atoms with van der Waals surface area (Å²) in [7, 11) is 4.64. The number of hydrogen-bond donors (Lipinski definition) is 3. The Morgan fingerprint density at radius 2 is 1.61 bits per heavy atom. The Morgan fingerprint density at radius 3 is 2.27 bits per heavy atom. The minimum atomic E-state index is -2.51. The van der Waals surface area contributed by atoms with Crippen LogP contribution in [0, 0.1) is 29.6 Å². The van der Waals surface area contributed by atoms with E-state index in [0.717, 1.165) is 5.57 Å². The van der Waals surface area contributed by atoms with Gasteiger partial charge in [0.25, 0.3) is 11.7 Å². The maximum absolute atomic E-state index is 14.5. The summed E-state index contributed by atoms with van der Waals surface area (Å²) in [5, 5.41) is 35.0. The summed E-state index contributed by atoms with van der Waals surface area (Å²) in [6.45, 7) is 11.5. The minimum Gasteiger partial charge on any atom is -0.462 e. The van der Waals surface area contributed by atoms with Crippen LogP contribution < -0.4 is 0 Å². The first-order chi connectivity index (χ1) is 27.9. The lowest BCUT2D eigenvalue weighted by molar-refractivity contribution is -0.302. The summed E-state index contributed by atoms with van der Waals surface area (Å²) in [5.74, 6) is -7.80. The molecule has 4 heterocycles. The van der Waals surface area contributed by atoms with Crippen LogP contribution in [-0.2, 0) is 47.6 Å². The number of Topliss-reactive ketones (excluding diaryl/α,β-unsaturated/α-hetero) is 1. The number of carbonyl (C=O) groups excluding carboxylic acids is 4. The van der Waals surface area contributed by atoms with Crippen molar-refractivity contribution in [1.82, 2.24) is 4.90 Å². The molecule has 0 aromatic heterocycles. The van der Waals surface area contributed by atoms with Crippen LogP contribution >= 0.6 is 0 Å². The molecule has 4 aliphatic heterocycles. The van der Waals surface area contributed by atoms with Crippen molar-refractivity contribution in [2.24, 2.45) is 29.6 Å². The van der Waals surface area contributed by atoms with Crippen molar-refractivity contribution in [1.29, 1.82) is 0 Å². The van der Waals surface area contributed by atoms with Gasteiger partial charge in [0.1, 0.15) is 24.4 Å². The standard InChI is InChI=1S/C45H71NO13/c1-10-31-18-25(2)17-26(3)19-35(55-8)40-36(56-9)21-28(5)45(53,59-40)41(49)42(50)46-16-12-11-13-32(46)43(51)58-39(29(6)37-23-44(31,52)24-38(48)57-37)27(4)20-30-14-15-33(47)34(22-30)54-7/h18,20,26,28-37,39-40,47,52-53H,10-17,19,21-24H2,1-9H3/b25-18+,27-20+/t26-,28+,29+,30-,31+,32-,33+,34+,35-,36-,37-,39+,40+,44+,45+/m0/s1. The molecule has 0 aromatic rings. The molecule has 14 nitrogen and oxygen atoms in total. The highest BCUT2D eigenvalue weighted by molar-refractivity contribution is 6.39. The van der Waals surface area contributed by atoms with Gasteiger partial charge in [-0.3, -0.25) is 14.4 Å². The molecule has 0 spiro atoms. The summed E-state index contributed by atoms with van der Waals surface area (Å²) >= 11 is 0. The molecule has 0 unspecified atom stereocenters. The summed E-state index contributed by atoms with van der Waals surface area (Å²) in [6, 6.07) is -1.14. The van der Waals surface area contributed by atoms with Crippen LogP contribution in [0.2, 0.25) is 0 Å². The number of cyclic esters (lactones) is 1. The first-order valence-corrected chi connectivity index (χ1v) is 21.9. The SMILES string of the molecule is CC[C@@H]1/C=C(\C)C[C@H](C)C[C@H](OC)[C@H]2O[C@@](O)(C(=O)C(=O)N3CCCC[C@H]3C(=O)O[C@H](/C(C)=C/[C@@H]3CC[C@@H](O)[C@H](OC)C3)[C@H](C)[C@@H]3C[C@@]1(O)CC(=O)O3)[C@H](C)C[C@@H]2OC. The number of rotatable bonds is 6. The number of methoxy groups -OCH3 is 3. The quantitative estimate of drug-likeness (QED) is 0.192. The highest BCUT2D eigenvalue weighted by Crippen LogP contribution is 2.42. The Kier molecular flexibility index (Phi) is 16.0. The molecule has 1 amide bonds. The number of amides is 1. The van der Waals surface area contributed by atoms with Crippen molar-refractivity contribution in [3.05, 3.63) is 23.3 Å². The number of carbonyl (C=O) groups is 4. The second-order valence-electron chi connectivity index (χ2n) is 18.4. The van der Waals surface area contributed by atoms with Gasteiger partial charge < -0.3 is 48.6 Å². The van der Waals surface area contributed by atoms with Gasteiger partial charge in [0.2, 0.25) is 5.79 Å². The van der Waals surface area contributed by atoms with E-state index < -0.39 is 89.5 Å². The second kappa shape index (κ2) is 20.0. The van der Waals surface area contributed by atoms with Crippen LogP contribution in [0.1, 0.15) is 119 Å². The van der Waals surface area contributed by atoms with Gasteiger partial charge in [-0.1, -0.05) is 45.4 Å². The van der Waals surface area contributed by atoms with E-state index in [1.165, 1.54) is 19.1 Å². The zero-order valence-corrected chi connectivity index (χ0v) is 36.7. The van der Waals surface area contributed by atoms with Crippen LogP contribution in [-0.4, -0.2) is 132 Å². The highest BCUT2D eigenvalue weighted by atomic mass is 16.7. The van der Waals surface area contributed by atoms with E-state index >= 15 is 0 Å². The Bertz CT molecular complexity index is 1570. The molecule has 334 valence electrons. The van der Waals surface area contributed by atoms with E-state index in [0.29, 0.717) is 56.9 Å². The number of aliphatic hydroxyl groups excluding tert-OH is 1. The van der Waals surface area contributed by atoms with E-state index in [9.17, 15) is 34.5 Å². The summed E-state index contributed by atoms with van der Waals surface area (Å²) in [5.41, 5.74) is 0.265. The number of ether oxygens (including phenoxy) is 6. The summed E-state index contributed by atoms with van der Waals surface area (Å²) in [4.78, 5) is 57.7. The van der Waals surface area contributed by atoms with Crippen molar-refractivity contribution >= 4 is 23.6 Å². The number of aliphatic hydroxyl groups is 3. The van der Waals surface area contributed by atoms with E-state index in [2.05, 4.69) is 6.92 Å². The van der Waals surface area contributed by atoms with Crippen molar-refractivity contribution in [3.63, 3.8) is 0 Å². The Balaban J connectivity index is 1.58. The van der Waals surface area contributed by atoms with Crippen molar-refractivity contribution in [2.75, 3.05) is 27.9 Å². The molecule has 4 bridgehead atoms. The summed E-state index contributed by atoms with van der Waals surface area (Å²) in [6.07, 6.45) is 4.20. The lowest BCUT2D eigenvalue weighted by atomic mass is 9.73. The van der Waals surface area contributed by atoms with Crippen molar-refractivity contribution in [3.8, 4) is 0 Å². The van der Waals surface area contributed by atoms with Crippen LogP contribution in [0.25, 0.3) is 0 Å². The molecule has 5 rings (SSSR count). The predicted octanol–water partition coefficient (Wildman–Crippen LogP) is 4.59. The number of allylic oxidation sites excluding steroid dienone is 2. The molecule has 0 aromatic carbocycles. The van der Waals surface area contributed by atoms with Gasteiger partial charge in [-0.2, -0.15) is 0 Å². The number of nitrogens with zero attached hydrogens (tertiary/aromatic N) is 1. The number of esters is 2. The van der Waals surface area contributed by atoms with Crippen molar-refractivity contribution in [2.45, 2.75) is 179 Å². The molecule has 0 radical (unpaired) electrons. The Labute approximate surface area is 350 Å². The molecule has 14 heteroatoms. The Hall–Kier alpha value is -2.72. The normalized spacial score (nSPS) is 43.4. The van der Waals surface area contributed by atoms with Gasteiger partial charge in [0, 0.05) is 52.0 Å². The van der Waals surface area contributed by atoms with Gasteiger partial charge in [0.15, 0.2) is 0 Å². The van der Waals surface area contributed by atoms with Gasteiger partial charge in [-0.25, -0.2) is 4.79 Å².